The maximum atomic E-state index is 12.9. The molecule has 0 heterocycles. The van der Waals surface area contributed by atoms with Crippen molar-refractivity contribution in [3.63, 3.8) is 0 Å². The molecule has 5 unspecified atom stereocenters. The number of aliphatic hydroxyl groups is 2. The number of esters is 3. The van der Waals surface area contributed by atoms with Gasteiger partial charge in [-0.15, -0.1) is 0 Å². The topological polar surface area (TPSA) is 231 Å². The molecule has 0 spiro atoms. The lowest BCUT2D eigenvalue weighted by Gasteiger charge is -2.21. The highest BCUT2D eigenvalue weighted by Crippen LogP contribution is 2.45. The molecule has 0 aliphatic carbocycles. The molecule has 0 aromatic rings. The molecular weight excluding hydrogens is 1120 g/mol. The first-order valence-corrected chi connectivity index (χ1v) is 35.2. The van der Waals surface area contributed by atoms with Gasteiger partial charge in [0.05, 0.1) is 26.4 Å². The van der Waals surface area contributed by atoms with Crippen LogP contribution in [0.15, 0.2) is 109 Å². The molecule has 85 heavy (non-hydrogen) atoms. The largest absolute Gasteiger partial charge is 0.472 e. The Morgan fingerprint density at radius 3 is 1.00 bits per heavy atom. The molecule has 0 fully saturated rings. The Hall–Kier alpha value is -3.79. The first-order valence-electron chi connectivity index (χ1n) is 32.2. The maximum Gasteiger partial charge on any atom is 0.472 e. The van der Waals surface area contributed by atoms with E-state index in [0.29, 0.717) is 19.3 Å². The van der Waals surface area contributed by atoms with Crippen LogP contribution in [0.2, 0.25) is 0 Å². The van der Waals surface area contributed by atoms with Crippen molar-refractivity contribution in [1.29, 1.82) is 0 Å². The van der Waals surface area contributed by atoms with Gasteiger partial charge < -0.3 is 34.2 Å². The summed E-state index contributed by atoms with van der Waals surface area (Å²) in [4.78, 5) is 58.2. The molecule has 488 valence electrons. The number of phosphoric ester groups is 2. The van der Waals surface area contributed by atoms with Crippen LogP contribution in [-0.2, 0) is 55.8 Å². The molecule has 0 bridgehead atoms. The number of aliphatic hydroxyl groups excluding tert-OH is 2. The van der Waals surface area contributed by atoms with E-state index in [1.165, 1.54) is 25.7 Å². The second-order valence-electron chi connectivity index (χ2n) is 21.1. The smallest absolute Gasteiger partial charge is 0.463 e. The fourth-order valence-electron chi connectivity index (χ4n) is 8.07. The molecule has 0 aromatic heterocycles. The minimum atomic E-state index is -4.93. The number of ether oxygens (including phenoxy) is 3. The van der Waals surface area contributed by atoms with E-state index in [-0.39, 0.29) is 19.3 Å². The van der Waals surface area contributed by atoms with Crippen molar-refractivity contribution in [3.05, 3.63) is 109 Å². The van der Waals surface area contributed by atoms with E-state index in [1.807, 2.05) is 0 Å². The van der Waals surface area contributed by atoms with Crippen molar-refractivity contribution in [2.24, 2.45) is 0 Å². The lowest BCUT2D eigenvalue weighted by Crippen LogP contribution is -2.30. The number of carbonyl (C=O) groups excluding carboxylic acids is 3. The molecular formula is C67H114O16P2. The van der Waals surface area contributed by atoms with Crippen LogP contribution in [-0.4, -0.2) is 95.9 Å². The van der Waals surface area contributed by atoms with E-state index in [0.717, 1.165) is 154 Å². The predicted octanol–water partition coefficient (Wildman–Crippen LogP) is 17.3. The number of rotatable bonds is 60. The van der Waals surface area contributed by atoms with Crippen LogP contribution in [0, 0.1) is 0 Å². The average Bonchev–Trinajstić information content (AvgIpc) is 3.51. The van der Waals surface area contributed by atoms with E-state index < -0.39 is 91.5 Å². The third-order valence-corrected chi connectivity index (χ3v) is 14.9. The van der Waals surface area contributed by atoms with Crippen molar-refractivity contribution in [3.8, 4) is 0 Å². The first-order chi connectivity index (χ1) is 41.2. The highest BCUT2D eigenvalue weighted by Gasteiger charge is 2.29. The van der Waals surface area contributed by atoms with Gasteiger partial charge in [0, 0.05) is 19.3 Å². The summed E-state index contributed by atoms with van der Waals surface area (Å²) in [6, 6.07) is 0. The second-order valence-corrected chi connectivity index (χ2v) is 24.1. The van der Waals surface area contributed by atoms with Gasteiger partial charge in [-0.05, 0) is 122 Å². The summed E-state index contributed by atoms with van der Waals surface area (Å²) in [6.45, 7) is 2.35. The van der Waals surface area contributed by atoms with Gasteiger partial charge in [0.2, 0.25) is 0 Å². The van der Waals surface area contributed by atoms with Gasteiger partial charge in [-0.1, -0.05) is 207 Å². The summed E-state index contributed by atoms with van der Waals surface area (Å²) in [6.07, 6.45) is 65.7. The molecule has 0 saturated heterocycles. The lowest BCUT2D eigenvalue weighted by atomic mass is 10.1. The van der Waals surface area contributed by atoms with Crippen molar-refractivity contribution in [1.82, 2.24) is 0 Å². The van der Waals surface area contributed by atoms with Crippen LogP contribution in [0.5, 0.6) is 0 Å². The molecule has 0 saturated carbocycles. The summed E-state index contributed by atoms with van der Waals surface area (Å²) in [5, 5.41) is 20.5. The highest BCUT2D eigenvalue weighted by atomic mass is 31.2. The number of hydrogen-bond donors (Lipinski definition) is 4. The SMILES string of the molecule is CC/C=C\C/C=C\C/C=C\C/C=C\CCCCCCCCC(=O)OCC(O)COP(=O)(O)OCC(O)COP(=O)(O)OCC(COC(=O)CCCCCC/C=C\C/C=C\C/C=C\C/C=C\CC)OC(=O)CCCCCCC/C=C\CCCCCC. The van der Waals surface area contributed by atoms with E-state index >= 15 is 0 Å². The zero-order valence-electron chi connectivity index (χ0n) is 52.5. The summed E-state index contributed by atoms with van der Waals surface area (Å²) >= 11 is 0. The van der Waals surface area contributed by atoms with Gasteiger partial charge in [-0.3, -0.25) is 32.5 Å². The minimum absolute atomic E-state index is 0.0865. The molecule has 18 heteroatoms. The quantitative estimate of drug-likeness (QED) is 0.0146. The Labute approximate surface area is 513 Å². The Morgan fingerprint density at radius 1 is 0.341 bits per heavy atom. The Bertz CT molecular complexity index is 1990. The van der Waals surface area contributed by atoms with Gasteiger partial charge in [-0.25, -0.2) is 9.13 Å². The number of carbonyl (C=O) groups is 3. The number of unbranched alkanes of at least 4 members (excludes halogenated alkanes) is 19. The van der Waals surface area contributed by atoms with Crippen molar-refractivity contribution < 1.29 is 75.8 Å². The number of hydrogen-bond acceptors (Lipinski definition) is 14. The number of allylic oxidation sites excluding steroid dienone is 18. The minimum Gasteiger partial charge on any atom is -0.463 e. The van der Waals surface area contributed by atoms with Crippen LogP contribution in [0.4, 0.5) is 0 Å². The first kappa shape index (κ1) is 81.2. The predicted molar refractivity (Wildman–Crippen MR) is 344 cm³/mol. The maximum absolute atomic E-state index is 12.9. The molecule has 0 radical (unpaired) electrons. The van der Waals surface area contributed by atoms with Crippen LogP contribution < -0.4 is 0 Å². The molecule has 5 atom stereocenters. The summed E-state index contributed by atoms with van der Waals surface area (Å²) < 4.78 is 60.7. The second kappa shape index (κ2) is 60.5. The molecule has 16 nitrogen and oxygen atoms in total. The van der Waals surface area contributed by atoms with Gasteiger partial charge in [-0.2, -0.15) is 0 Å². The van der Waals surface area contributed by atoms with Gasteiger partial charge in [0.25, 0.3) is 0 Å². The van der Waals surface area contributed by atoms with Gasteiger partial charge in [0.15, 0.2) is 6.10 Å². The van der Waals surface area contributed by atoms with Crippen molar-refractivity contribution in [2.75, 3.05) is 39.6 Å². The van der Waals surface area contributed by atoms with Gasteiger partial charge in [0.1, 0.15) is 25.4 Å². The Kier molecular flexibility index (Phi) is 57.8. The monoisotopic (exact) mass is 1240 g/mol. The summed E-state index contributed by atoms with van der Waals surface area (Å²) in [7, 11) is -9.78. The summed E-state index contributed by atoms with van der Waals surface area (Å²) in [5.41, 5.74) is 0. The molecule has 4 N–H and O–H groups in total. The molecule has 0 aromatic carbocycles. The fraction of sp³-hybridized carbons (Fsp3) is 0.687. The Balaban J connectivity index is 4.69. The Morgan fingerprint density at radius 2 is 0.624 bits per heavy atom. The van der Waals surface area contributed by atoms with Gasteiger partial charge >= 0.3 is 33.6 Å². The standard InChI is InChI=1S/C67H114O16P2/c1-4-7-10-13-16-19-22-25-27-29-30-32-34-36-38-41-44-47-50-53-65(70)77-56-62(68)57-79-84(73,74)80-58-63(69)59-81-85(75,76)82-61-64(83-67(72)55-52-49-46-43-40-35-24-21-18-15-12-9-6-3)60-78-66(71)54-51-48-45-42-39-37-33-31-28-26-23-20-17-14-11-8-5-2/h7-8,10-11,16-17,19-21,24-28,30,32-33,37,62-64,68-69H,4-6,9,12-15,18,22-23,29,31,34-36,38-61H2,1-3H3,(H,73,74)(H,75,76)/b10-7-,11-8-,19-16-,20-17-,24-21-,27-25-,28-26-,32-30-,37-33-. The zero-order valence-corrected chi connectivity index (χ0v) is 54.3. The number of phosphoric acid groups is 2. The average molecular weight is 1240 g/mol. The summed E-state index contributed by atoms with van der Waals surface area (Å²) in [5.74, 6) is -1.63. The van der Waals surface area contributed by atoms with E-state index in [9.17, 15) is 43.5 Å². The van der Waals surface area contributed by atoms with E-state index in [2.05, 4.69) is 130 Å². The van der Waals surface area contributed by atoms with E-state index in [4.69, 9.17) is 32.3 Å². The normalized spacial score (nSPS) is 15.0. The zero-order chi connectivity index (χ0) is 62.4. The fourth-order valence-corrected chi connectivity index (χ4v) is 9.66. The third-order valence-electron chi connectivity index (χ3n) is 13.0. The molecule has 0 rings (SSSR count). The van der Waals surface area contributed by atoms with Crippen molar-refractivity contribution in [2.45, 2.75) is 257 Å². The third kappa shape index (κ3) is 61.6. The van der Waals surface area contributed by atoms with Crippen molar-refractivity contribution >= 4 is 33.6 Å². The lowest BCUT2D eigenvalue weighted by molar-refractivity contribution is -0.161. The van der Waals surface area contributed by atoms with Crippen LogP contribution in [0.3, 0.4) is 0 Å². The van der Waals surface area contributed by atoms with Crippen LogP contribution in [0.25, 0.3) is 0 Å². The molecule has 0 amide bonds. The van der Waals surface area contributed by atoms with Crippen LogP contribution >= 0.6 is 15.6 Å². The molecule has 0 aliphatic rings. The highest BCUT2D eigenvalue weighted by molar-refractivity contribution is 7.47. The van der Waals surface area contributed by atoms with E-state index in [1.54, 1.807) is 0 Å². The molecule has 0 aliphatic heterocycles. The van der Waals surface area contributed by atoms with Crippen LogP contribution in [0.1, 0.15) is 239 Å².